The van der Waals surface area contributed by atoms with E-state index in [2.05, 4.69) is 54.0 Å². The Morgan fingerprint density at radius 2 is 1.81 bits per heavy atom. The molecular weight excluding hydrogens is 282 g/mol. The Morgan fingerprint density at radius 1 is 1.05 bits per heavy atom. The van der Waals surface area contributed by atoms with Crippen LogP contribution in [0.1, 0.15) is 12.1 Å². The van der Waals surface area contributed by atoms with Crippen LogP contribution in [-0.2, 0) is 0 Å². The minimum absolute atomic E-state index is 0.632. The zero-order chi connectivity index (χ0) is 14.7. The van der Waals surface area contributed by atoms with E-state index >= 15 is 0 Å². The number of fused-ring (bicyclic) bond motifs is 1. The van der Waals surface area contributed by atoms with Crippen molar-refractivity contribution in [2.45, 2.75) is 13.3 Å². The summed E-state index contributed by atoms with van der Waals surface area (Å²) in [5, 5.41) is 1.26. The smallest absolute Gasteiger partial charge is 0.119 e. The molecule has 0 amide bonds. The highest BCUT2D eigenvalue weighted by atomic mass is 35.5. The molecule has 21 heavy (non-hydrogen) atoms. The van der Waals surface area contributed by atoms with Gasteiger partial charge in [-0.1, -0.05) is 18.2 Å². The first kappa shape index (κ1) is 14.0. The van der Waals surface area contributed by atoms with Gasteiger partial charge in [0.2, 0.25) is 0 Å². The number of alkyl halides is 1. The lowest BCUT2D eigenvalue weighted by molar-refractivity contribution is 0.318. The molecule has 3 heteroatoms. The van der Waals surface area contributed by atoms with E-state index in [9.17, 15) is 0 Å². The molecule has 1 aromatic heterocycles. The second kappa shape index (κ2) is 6.23. The molecule has 1 heterocycles. The standard InChI is InChI=1S/C18H18ClNO/c1-14-13-15-5-2-3-6-18(15)20(14)16-7-9-17(10-8-16)21-12-4-11-19/h2-3,5-10,13H,4,11-12H2,1H3. The fourth-order valence-corrected chi connectivity index (χ4v) is 2.68. The molecule has 0 N–H and O–H groups in total. The number of ether oxygens (including phenoxy) is 1. The molecule has 0 spiro atoms. The van der Waals surface area contributed by atoms with Crippen LogP contribution in [0.5, 0.6) is 5.75 Å². The highest BCUT2D eigenvalue weighted by Gasteiger charge is 2.07. The molecule has 0 aliphatic carbocycles. The van der Waals surface area contributed by atoms with Crippen LogP contribution in [0.3, 0.4) is 0 Å². The Balaban J connectivity index is 1.90. The minimum Gasteiger partial charge on any atom is -0.494 e. The van der Waals surface area contributed by atoms with Crippen LogP contribution in [0.25, 0.3) is 16.6 Å². The van der Waals surface area contributed by atoms with Crippen molar-refractivity contribution in [1.82, 2.24) is 4.57 Å². The molecule has 0 radical (unpaired) electrons. The molecule has 108 valence electrons. The van der Waals surface area contributed by atoms with Gasteiger partial charge in [0.1, 0.15) is 5.75 Å². The number of halogens is 1. The maximum absolute atomic E-state index is 5.65. The molecule has 0 saturated heterocycles. The third kappa shape index (κ3) is 2.91. The Kier molecular flexibility index (Phi) is 4.16. The maximum atomic E-state index is 5.65. The molecule has 2 nitrogen and oxygen atoms in total. The first-order valence-electron chi connectivity index (χ1n) is 7.16. The van der Waals surface area contributed by atoms with E-state index in [1.807, 2.05) is 12.1 Å². The van der Waals surface area contributed by atoms with Crippen molar-refractivity contribution in [3.63, 3.8) is 0 Å². The van der Waals surface area contributed by atoms with Crippen LogP contribution in [0.4, 0.5) is 0 Å². The van der Waals surface area contributed by atoms with Gasteiger partial charge in [0.05, 0.1) is 12.1 Å². The molecule has 0 aliphatic rings. The first-order valence-corrected chi connectivity index (χ1v) is 7.69. The van der Waals surface area contributed by atoms with Crippen LogP contribution in [0, 0.1) is 6.92 Å². The van der Waals surface area contributed by atoms with Crippen LogP contribution >= 0.6 is 11.6 Å². The highest BCUT2D eigenvalue weighted by Crippen LogP contribution is 2.25. The number of rotatable bonds is 5. The number of aromatic nitrogens is 1. The fourth-order valence-electron chi connectivity index (χ4n) is 2.57. The summed E-state index contributed by atoms with van der Waals surface area (Å²) in [6.45, 7) is 2.79. The number of aryl methyl sites for hydroxylation is 1. The largest absolute Gasteiger partial charge is 0.494 e. The monoisotopic (exact) mass is 299 g/mol. The van der Waals surface area contributed by atoms with Crippen LogP contribution < -0.4 is 4.74 Å². The van der Waals surface area contributed by atoms with Gasteiger partial charge in [-0.3, -0.25) is 0 Å². The normalized spacial score (nSPS) is 11.0. The summed E-state index contributed by atoms with van der Waals surface area (Å²) in [7, 11) is 0. The van der Waals surface area contributed by atoms with E-state index in [0.717, 1.165) is 17.9 Å². The van der Waals surface area contributed by atoms with Crippen molar-refractivity contribution < 1.29 is 4.74 Å². The Labute approximate surface area is 129 Å². The summed E-state index contributed by atoms with van der Waals surface area (Å²) >= 11 is 5.65. The van der Waals surface area contributed by atoms with E-state index in [1.165, 1.54) is 16.6 Å². The molecule has 0 saturated carbocycles. The number of benzene rings is 2. The summed E-state index contributed by atoms with van der Waals surface area (Å²) in [4.78, 5) is 0. The zero-order valence-electron chi connectivity index (χ0n) is 12.1. The fraction of sp³-hybridized carbons (Fsp3) is 0.222. The minimum atomic E-state index is 0.632. The van der Waals surface area contributed by atoms with E-state index in [0.29, 0.717) is 12.5 Å². The van der Waals surface area contributed by atoms with Crippen molar-refractivity contribution >= 4 is 22.5 Å². The number of hydrogen-bond acceptors (Lipinski definition) is 1. The summed E-state index contributed by atoms with van der Waals surface area (Å²) < 4.78 is 7.90. The predicted octanol–water partition coefficient (Wildman–Crippen LogP) is 4.95. The van der Waals surface area contributed by atoms with Crippen LogP contribution in [0.15, 0.2) is 54.6 Å². The first-order chi connectivity index (χ1) is 10.3. The van der Waals surface area contributed by atoms with Gasteiger partial charge in [0.15, 0.2) is 0 Å². The van der Waals surface area contributed by atoms with E-state index < -0.39 is 0 Å². The summed E-state index contributed by atoms with van der Waals surface area (Å²) in [6.07, 6.45) is 0.866. The number of hydrogen-bond donors (Lipinski definition) is 0. The van der Waals surface area contributed by atoms with Crippen molar-refractivity contribution in [2.24, 2.45) is 0 Å². The number of para-hydroxylation sites is 1. The van der Waals surface area contributed by atoms with Gasteiger partial charge in [-0.15, -0.1) is 11.6 Å². The lowest BCUT2D eigenvalue weighted by atomic mass is 10.2. The molecule has 0 aliphatic heterocycles. The molecular formula is C18H18ClNO. The van der Waals surface area contributed by atoms with Gasteiger partial charge in [-0.05, 0) is 49.7 Å². The summed E-state index contributed by atoms with van der Waals surface area (Å²) in [5.41, 5.74) is 3.61. The van der Waals surface area contributed by atoms with Crippen molar-refractivity contribution in [3.8, 4) is 11.4 Å². The molecule has 3 aromatic rings. The molecule has 0 unspecified atom stereocenters. The van der Waals surface area contributed by atoms with Crippen LogP contribution in [-0.4, -0.2) is 17.1 Å². The van der Waals surface area contributed by atoms with Gasteiger partial charge in [-0.2, -0.15) is 0 Å². The third-order valence-electron chi connectivity index (χ3n) is 3.54. The lowest BCUT2D eigenvalue weighted by Crippen LogP contribution is -1.99. The van der Waals surface area contributed by atoms with Crippen LogP contribution in [0.2, 0.25) is 0 Å². The second-order valence-corrected chi connectivity index (χ2v) is 5.44. The van der Waals surface area contributed by atoms with Crippen molar-refractivity contribution in [3.05, 3.63) is 60.3 Å². The molecule has 2 aromatic carbocycles. The van der Waals surface area contributed by atoms with Crippen molar-refractivity contribution in [2.75, 3.05) is 12.5 Å². The zero-order valence-corrected chi connectivity index (χ0v) is 12.8. The topological polar surface area (TPSA) is 14.2 Å². The maximum Gasteiger partial charge on any atom is 0.119 e. The van der Waals surface area contributed by atoms with Gasteiger partial charge >= 0.3 is 0 Å². The summed E-state index contributed by atoms with van der Waals surface area (Å²) in [5.74, 6) is 1.52. The quantitative estimate of drug-likeness (QED) is 0.480. The average Bonchev–Trinajstić information content (AvgIpc) is 2.84. The second-order valence-electron chi connectivity index (χ2n) is 5.06. The Morgan fingerprint density at radius 3 is 2.57 bits per heavy atom. The average molecular weight is 300 g/mol. The molecule has 3 rings (SSSR count). The SMILES string of the molecule is Cc1cc2ccccc2n1-c1ccc(OCCCCl)cc1. The number of nitrogens with zero attached hydrogens (tertiary/aromatic N) is 1. The van der Waals surface area contributed by atoms with E-state index in [-0.39, 0.29) is 0 Å². The Bertz CT molecular complexity index is 731. The molecule has 0 fully saturated rings. The van der Waals surface area contributed by atoms with Gasteiger partial charge < -0.3 is 9.30 Å². The third-order valence-corrected chi connectivity index (χ3v) is 3.80. The summed E-state index contributed by atoms with van der Waals surface area (Å²) in [6, 6.07) is 18.8. The Hall–Kier alpha value is -1.93. The highest BCUT2D eigenvalue weighted by molar-refractivity contribution is 6.17. The molecule has 0 bridgehead atoms. The van der Waals surface area contributed by atoms with E-state index in [4.69, 9.17) is 16.3 Å². The van der Waals surface area contributed by atoms with E-state index in [1.54, 1.807) is 0 Å². The van der Waals surface area contributed by atoms with Gasteiger partial charge in [-0.25, -0.2) is 0 Å². The van der Waals surface area contributed by atoms with Crippen molar-refractivity contribution in [1.29, 1.82) is 0 Å². The lowest BCUT2D eigenvalue weighted by Gasteiger charge is -2.10. The molecule has 0 atom stereocenters. The van der Waals surface area contributed by atoms with Gasteiger partial charge in [0, 0.05) is 22.6 Å². The predicted molar refractivity (Wildman–Crippen MR) is 88.8 cm³/mol. The van der Waals surface area contributed by atoms with Gasteiger partial charge in [0.25, 0.3) is 0 Å².